The number of benzene rings is 3. The van der Waals surface area contributed by atoms with E-state index in [-0.39, 0.29) is 0 Å². The Hall–Kier alpha value is -3.53. The Morgan fingerprint density at radius 2 is 1.81 bits per heavy atom. The van der Waals surface area contributed by atoms with Crippen molar-refractivity contribution in [2.24, 2.45) is 0 Å². The molecule has 4 aromatic rings. The molecule has 0 aliphatic heterocycles. The Balaban J connectivity index is 1.50. The normalized spacial score (nSPS) is 10.9. The molecule has 0 spiro atoms. The molecular weight excluding hydrogens is 384 g/mol. The van der Waals surface area contributed by atoms with Crippen LogP contribution in [0, 0.1) is 6.92 Å². The highest BCUT2D eigenvalue weighted by Crippen LogP contribution is 2.29. The Kier molecular flexibility index (Phi) is 6.37. The van der Waals surface area contributed by atoms with Gasteiger partial charge in [0.2, 0.25) is 0 Å². The number of methoxy groups -OCH3 is 1. The lowest BCUT2D eigenvalue weighted by molar-refractivity contribution is 0.283. The van der Waals surface area contributed by atoms with Gasteiger partial charge in [-0.15, -0.1) is 6.58 Å². The summed E-state index contributed by atoms with van der Waals surface area (Å²) in [5.74, 6) is 2.52. The number of hydrogen-bond donors (Lipinski definition) is 0. The largest absolute Gasteiger partial charge is 0.493 e. The number of nitrogens with zero attached hydrogens (tertiary/aromatic N) is 2. The number of hydrogen-bond acceptors (Lipinski definition) is 3. The Morgan fingerprint density at radius 1 is 1.00 bits per heavy atom. The maximum atomic E-state index is 6.05. The number of aryl methyl sites for hydroxylation is 2. The molecule has 158 valence electrons. The lowest BCUT2D eigenvalue weighted by atomic mass is 10.1. The zero-order valence-electron chi connectivity index (χ0n) is 18.2. The van der Waals surface area contributed by atoms with Crippen LogP contribution in [-0.2, 0) is 13.0 Å². The maximum Gasteiger partial charge on any atom is 0.161 e. The Bertz CT molecular complexity index is 1180. The Labute approximate surface area is 183 Å². The van der Waals surface area contributed by atoms with Crippen molar-refractivity contribution < 1.29 is 9.47 Å². The first-order valence-electron chi connectivity index (χ1n) is 10.6. The number of rotatable bonds is 9. The SMILES string of the molecule is C=CCc1ccc(OCCCn2c(-c3ccc(C)cc3)nc3ccccc32)c(OC)c1. The van der Waals surface area contributed by atoms with Crippen LogP contribution in [0.25, 0.3) is 22.4 Å². The molecule has 0 saturated carbocycles. The van der Waals surface area contributed by atoms with Crippen LogP contribution in [0.1, 0.15) is 17.5 Å². The van der Waals surface area contributed by atoms with E-state index in [1.165, 1.54) is 5.56 Å². The summed E-state index contributed by atoms with van der Waals surface area (Å²) in [4.78, 5) is 4.90. The summed E-state index contributed by atoms with van der Waals surface area (Å²) in [6.45, 7) is 7.31. The van der Waals surface area contributed by atoms with E-state index in [4.69, 9.17) is 14.5 Å². The molecule has 4 rings (SSSR count). The predicted octanol–water partition coefficient (Wildman–Crippen LogP) is 6.22. The lowest BCUT2D eigenvalue weighted by Gasteiger charge is -2.13. The second-order valence-electron chi connectivity index (χ2n) is 7.62. The van der Waals surface area contributed by atoms with Gasteiger partial charge in [0.15, 0.2) is 11.5 Å². The molecular formula is C27H28N2O2. The van der Waals surface area contributed by atoms with Gasteiger partial charge in [0.05, 0.1) is 24.8 Å². The summed E-state index contributed by atoms with van der Waals surface area (Å²) in [5, 5.41) is 0. The quantitative estimate of drug-likeness (QED) is 0.242. The van der Waals surface area contributed by atoms with Crippen LogP contribution in [-0.4, -0.2) is 23.3 Å². The first-order chi connectivity index (χ1) is 15.2. The minimum atomic E-state index is 0.594. The van der Waals surface area contributed by atoms with Crippen LogP contribution >= 0.6 is 0 Å². The van der Waals surface area contributed by atoms with Crippen LogP contribution in [0.2, 0.25) is 0 Å². The number of para-hydroxylation sites is 2. The van der Waals surface area contributed by atoms with Crippen molar-refractivity contribution in [3.8, 4) is 22.9 Å². The van der Waals surface area contributed by atoms with Crippen LogP contribution in [0.3, 0.4) is 0 Å². The number of aromatic nitrogens is 2. The topological polar surface area (TPSA) is 36.3 Å². The van der Waals surface area contributed by atoms with Crippen LogP contribution in [0.4, 0.5) is 0 Å². The van der Waals surface area contributed by atoms with E-state index in [2.05, 4.69) is 66.6 Å². The highest BCUT2D eigenvalue weighted by atomic mass is 16.5. The third-order valence-corrected chi connectivity index (χ3v) is 5.36. The summed E-state index contributed by atoms with van der Waals surface area (Å²) in [6.07, 6.45) is 3.55. The summed E-state index contributed by atoms with van der Waals surface area (Å²) in [6, 6.07) is 22.9. The van der Waals surface area contributed by atoms with E-state index in [1.807, 2.05) is 24.3 Å². The molecule has 4 nitrogen and oxygen atoms in total. The molecule has 0 aliphatic carbocycles. The second kappa shape index (κ2) is 9.52. The van der Waals surface area contributed by atoms with Gasteiger partial charge in [0.25, 0.3) is 0 Å². The van der Waals surface area contributed by atoms with Gasteiger partial charge in [-0.3, -0.25) is 0 Å². The van der Waals surface area contributed by atoms with Crippen molar-refractivity contribution in [3.05, 3.63) is 90.5 Å². The second-order valence-corrected chi connectivity index (χ2v) is 7.62. The third kappa shape index (κ3) is 4.64. The van der Waals surface area contributed by atoms with E-state index in [1.54, 1.807) is 7.11 Å². The van der Waals surface area contributed by atoms with Crippen LogP contribution in [0.5, 0.6) is 11.5 Å². The predicted molar refractivity (Wildman–Crippen MR) is 127 cm³/mol. The third-order valence-electron chi connectivity index (χ3n) is 5.36. The summed E-state index contributed by atoms with van der Waals surface area (Å²) in [7, 11) is 1.67. The minimum absolute atomic E-state index is 0.594. The molecule has 0 saturated heterocycles. The van der Waals surface area contributed by atoms with Crippen molar-refractivity contribution >= 4 is 11.0 Å². The van der Waals surface area contributed by atoms with E-state index in [0.29, 0.717) is 6.61 Å². The molecule has 1 heterocycles. The number of imidazole rings is 1. The molecule has 31 heavy (non-hydrogen) atoms. The van der Waals surface area contributed by atoms with Crippen molar-refractivity contribution in [2.75, 3.05) is 13.7 Å². The standard InChI is InChI=1S/C27H28N2O2/c1-4-8-21-13-16-25(26(19-21)30-3)31-18-7-17-29-24-10-6-5-9-23(24)28-27(29)22-14-11-20(2)12-15-22/h4-6,9-16,19H,1,7-8,17-18H2,2-3H3. The van der Waals surface area contributed by atoms with Crippen molar-refractivity contribution in [2.45, 2.75) is 26.3 Å². The van der Waals surface area contributed by atoms with Gasteiger partial charge in [-0.25, -0.2) is 4.98 Å². The highest BCUT2D eigenvalue weighted by molar-refractivity contribution is 5.80. The fourth-order valence-electron chi connectivity index (χ4n) is 3.75. The van der Waals surface area contributed by atoms with Gasteiger partial charge < -0.3 is 14.0 Å². The van der Waals surface area contributed by atoms with Gasteiger partial charge in [-0.05, 0) is 49.6 Å². The monoisotopic (exact) mass is 412 g/mol. The Morgan fingerprint density at radius 3 is 2.58 bits per heavy atom. The van der Waals surface area contributed by atoms with Gasteiger partial charge in [0.1, 0.15) is 5.82 Å². The molecule has 0 radical (unpaired) electrons. The summed E-state index contributed by atoms with van der Waals surface area (Å²) >= 11 is 0. The van der Waals surface area contributed by atoms with E-state index in [0.717, 1.165) is 58.9 Å². The van der Waals surface area contributed by atoms with Gasteiger partial charge in [0, 0.05) is 12.1 Å². The number of ether oxygens (including phenoxy) is 2. The molecule has 0 N–H and O–H groups in total. The lowest BCUT2D eigenvalue weighted by Crippen LogP contribution is -2.06. The van der Waals surface area contributed by atoms with E-state index in [9.17, 15) is 0 Å². The molecule has 3 aromatic carbocycles. The number of fused-ring (bicyclic) bond motifs is 1. The zero-order valence-corrected chi connectivity index (χ0v) is 18.2. The van der Waals surface area contributed by atoms with Gasteiger partial charge >= 0.3 is 0 Å². The molecule has 0 atom stereocenters. The molecule has 0 bridgehead atoms. The molecule has 0 fully saturated rings. The summed E-state index contributed by atoms with van der Waals surface area (Å²) < 4.78 is 13.8. The average molecular weight is 413 g/mol. The molecule has 0 aliphatic rings. The molecule has 1 aromatic heterocycles. The highest BCUT2D eigenvalue weighted by Gasteiger charge is 2.12. The molecule has 0 amide bonds. The average Bonchev–Trinajstić information content (AvgIpc) is 3.16. The minimum Gasteiger partial charge on any atom is -0.493 e. The van der Waals surface area contributed by atoms with Crippen LogP contribution in [0.15, 0.2) is 79.4 Å². The first-order valence-corrected chi connectivity index (χ1v) is 10.6. The van der Waals surface area contributed by atoms with Crippen molar-refractivity contribution in [1.82, 2.24) is 9.55 Å². The molecule has 0 unspecified atom stereocenters. The van der Waals surface area contributed by atoms with Crippen molar-refractivity contribution in [3.63, 3.8) is 0 Å². The first kappa shape index (κ1) is 20.7. The summed E-state index contributed by atoms with van der Waals surface area (Å²) in [5.41, 5.74) is 5.68. The van der Waals surface area contributed by atoms with E-state index >= 15 is 0 Å². The number of allylic oxidation sites excluding steroid dienone is 1. The fraction of sp³-hybridized carbons (Fsp3) is 0.222. The molecule has 4 heteroatoms. The smallest absolute Gasteiger partial charge is 0.161 e. The van der Waals surface area contributed by atoms with Gasteiger partial charge in [-0.1, -0.05) is 54.1 Å². The van der Waals surface area contributed by atoms with Crippen molar-refractivity contribution in [1.29, 1.82) is 0 Å². The fourth-order valence-corrected chi connectivity index (χ4v) is 3.75. The van der Waals surface area contributed by atoms with E-state index < -0.39 is 0 Å². The van der Waals surface area contributed by atoms with Crippen LogP contribution < -0.4 is 9.47 Å². The maximum absolute atomic E-state index is 6.05. The van der Waals surface area contributed by atoms with Gasteiger partial charge in [-0.2, -0.15) is 0 Å². The zero-order chi connectivity index (χ0) is 21.6.